The Hall–Kier alpha value is -1.44. The van der Waals surface area contributed by atoms with Crippen LogP contribution in [0.4, 0.5) is 0 Å². The minimum atomic E-state index is -3.62. The molecule has 2 aliphatic rings. The van der Waals surface area contributed by atoms with Crippen LogP contribution in [0.1, 0.15) is 51.0 Å². The van der Waals surface area contributed by atoms with E-state index in [-0.39, 0.29) is 11.5 Å². The first-order valence-electron chi connectivity index (χ1n) is 10.3. The maximum Gasteiger partial charge on any atom is 0.236 e. The van der Waals surface area contributed by atoms with Gasteiger partial charge in [-0.15, -0.1) is 0 Å². The van der Waals surface area contributed by atoms with Gasteiger partial charge in [0.15, 0.2) is 0 Å². The van der Waals surface area contributed by atoms with Crippen LogP contribution in [0, 0.1) is 5.92 Å². The Morgan fingerprint density at radius 1 is 1.11 bits per heavy atom. The lowest BCUT2D eigenvalue weighted by Crippen LogP contribution is -2.47. The summed E-state index contributed by atoms with van der Waals surface area (Å²) in [6.45, 7) is 3.90. The first-order chi connectivity index (χ1) is 13.4. The van der Waals surface area contributed by atoms with Gasteiger partial charge in [-0.1, -0.05) is 37.3 Å². The Morgan fingerprint density at radius 3 is 2.39 bits per heavy atom. The van der Waals surface area contributed by atoms with Crippen molar-refractivity contribution in [2.24, 2.45) is 5.92 Å². The van der Waals surface area contributed by atoms with E-state index in [1.54, 1.807) is 0 Å². The fraction of sp³-hybridized carbons (Fsp3) is 0.667. The summed E-state index contributed by atoms with van der Waals surface area (Å²) in [6.07, 6.45) is 5.37. The van der Waals surface area contributed by atoms with Gasteiger partial charge in [0.25, 0.3) is 0 Å². The number of benzene rings is 1. The number of ether oxygens (including phenoxy) is 1. The van der Waals surface area contributed by atoms with Crippen molar-refractivity contribution in [1.29, 1.82) is 0 Å². The first kappa shape index (κ1) is 21.3. The van der Waals surface area contributed by atoms with Gasteiger partial charge in [0.2, 0.25) is 15.9 Å². The quantitative estimate of drug-likeness (QED) is 0.725. The van der Waals surface area contributed by atoms with E-state index in [1.165, 1.54) is 0 Å². The zero-order valence-electron chi connectivity index (χ0n) is 16.7. The molecule has 1 aromatic carbocycles. The molecule has 2 N–H and O–H groups in total. The van der Waals surface area contributed by atoms with Crippen LogP contribution >= 0.6 is 0 Å². The number of rotatable bonds is 7. The second-order valence-electron chi connectivity index (χ2n) is 8.37. The number of carbonyl (C=O) groups is 1. The van der Waals surface area contributed by atoms with Crippen LogP contribution in [-0.4, -0.2) is 45.9 Å². The summed E-state index contributed by atoms with van der Waals surface area (Å²) in [5.41, 5.74) is 0.960. The molecule has 0 unspecified atom stereocenters. The van der Waals surface area contributed by atoms with Gasteiger partial charge >= 0.3 is 0 Å². The van der Waals surface area contributed by atoms with Crippen LogP contribution in [0.25, 0.3) is 0 Å². The third-order valence-electron chi connectivity index (χ3n) is 6.14. The Kier molecular flexibility index (Phi) is 7.12. The summed E-state index contributed by atoms with van der Waals surface area (Å²) in [7, 11) is -3.62. The molecule has 2 fully saturated rings. The van der Waals surface area contributed by atoms with Gasteiger partial charge in [-0.3, -0.25) is 4.79 Å². The highest BCUT2D eigenvalue weighted by molar-refractivity contribution is 7.90. The largest absolute Gasteiger partial charge is 0.381 e. The highest BCUT2D eigenvalue weighted by Crippen LogP contribution is 2.34. The van der Waals surface area contributed by atoms with E-state index in [0.29, 0.717) is 25.7 Å². The van der Waals surface area contributed by atoms with Crippen LogP contribution in [0.3, 0.4) is 0 Å². The summed E-state index contributed by atoms with van der Waals surface area (Å²) in [4.78, 5) is 12.4. The zero-order chi connectivity index (χ0) is 20.0. The topological polar surface area (TPSA) is 84.5 Å². The molecule has 28 heavy (non-hydrogen) atoms. The van der Waals surface area contributed by atoms with Crippen LogP contribution < -0.4 is 10.0 Å². The Bertz CT molecular complexity index is 737. The average Bonchev–Trinajstić information content (AvgIpc) is 2.69. The lowest BCUT2D eigenvalue weighted by molar-refractivity contribution is -0.119. The van der Waals surface area contributed by atoms with Crippen molar-refractivity contribution in [2.45, 2.75) is 56.9 Å². The second kappa shape index (κ2) is 9.37. The molecule has 1 aliphatic carbocycles. The van der Waals surface area contributed by atoms with E-state index in [0.717, 1.165) is 44.1 Å². The lowest BCUT2D eigenvalue weighted by Gasteiger charge is -2.38. The molecule has 0 radical (unpaired) electrons. The van der Waals surface area contributed by atoms with Crippen molar-refractivity contribution in [3.8, 4) is 0 Å². The van der Waals surface area contributed by atoms with Crippen molar-refractivity contribution in [2.75, 3.05) is 25.5 Å². The van der Waals surface area contributed by atoms with Crippen LogP contribution in [0.15, 0.2) is 30.3 Å². The maximum atomic E-state index is 12.4. The van der Waals surface area contributed by atoms with Gasteiger partial charge in [-0.05, 0) is 50.0 Å². The van der Waals surface area contributed by atoms with Gasteiger partial charge in [-0.2, -0.15) is 0 Å². The molecular weight excluding hydrogens is 376 g/mol. The lowest BCUT2D eigenvalue weighted by atomic mass is 9.74. The highest BCUT2D eigenvalue weighted by atomic mass is 32.2. The summed E-state index contributed by atoms with van der Waals surface area (Å²) in [5.74, 6) is -0.309. The Balaban J connectivity index is 1.56. The molecule has 7 heteroatoms. The van der Waals surface area contributed by atoms with Crippen molar-refractivity contribution in [3.05, 3.63) is 35.9 Å². The number of hydrogen-bond acceptors (Lipinski definition) is 4. The summed E-state index contributed by atoms with van der Waals surface area (Å²) < 4.78 is 33.0. The third kappa shape index (κ3) is 5.78. The normalized spacial score (nSPS) is 25.2. The molecule has 156 valence electrons. The average molecular weight is 409 g/mol. The standard InChI is InChI=1S/C21H32N2O4S/c1-17-7-9-19(10-8-17)23-28(25,26)15-20(24)22-16-21(11-13-27-14-12-21)18-5-3-2-4-6-18/h2-6,17,19,23H,7-16H2,1H3,(H,22,24). The van der Waals surface area contributed by atoms with Crippen LogP contribution in [0.2, 0.25) is 0 Å². The molecule has 1 heterocycles. The summed E-state index contributed by atoms with van der Waals surface area (Å²) in [5, 5.41) is 2.88. The predicted octanol–water partition coefficient (Wildman–Crippen LogP) is 2.35. The number of nitrogens with one attached hydrogen (secondary N) is 2. The molecule has 0 bridgehead atoms. The van der Waals surface area contributed by atoms with Crippen LogP contribution in [0.5, 0.6) is 0 Å². The second-order valence-corrected chi connectivity index (χ2v) is 10.1. The van der Waals surface area contributed by atoms with Gasteiger partial charge in [-0.25, -0.2) is 13.1 Å². The molecule has 1 aliphatic heterocycles. The highest BCUT2D eigenvalue weighted by Gasteiger charge is 2.35. The number of hydrogen-bond donors (Lipinski definition) is 2. The number of amides is 1. The molecule has 0 spiro atoms. The van der Waals surface area contributed by atoms with Crippen molar-refractivity contribution in [3.63, 3.8) is 0 Å². The maximum absolute atomic E-state index is 12.4. The third-order valence-corrected chi connectivity index (χ3v) is 7.48. The van der Waals surface area contributed by atoms with Crippen molar-refractivity contribution >= 4 is 15.9 Å². The van der Waals surface area contributed by atoms with Gasteiger partial charge < -0.3 is 10.1 Å². The number of sulfonamides is 1. The molecule has 0 aromatic heterocycles. The molecule has 1 saturated carbocycles. The smallest absolute Gasteiger partial charge is 0.236 e. The van der Waals surface area contributed by atoms with Gasteiger partial charge in [0, 0.05) is 31.2 Å². The fourth-order valence-corrected chi connectivity index (χ4v) is 5.56. The van der Waals surface area contributed by atoms with Crippen molar-refractivity contribution < 1.29 is 17.9 Å². The van der Waals surface area contributed by atoms with Crippen molar-refractivity contribution in [1.82, 2.24) is 10.0 Å². The molecule has 3 rings (SSSR count). The molecule has 6 nitrogen and oxygen atoms in total. The van der Waals surface area contributed by atoms with Gasteiger partial charge in [0.05, 0.1) is 0 Å². The zero-order valence-corrected chi connectivity index (χ0v) is 17.5. The van der Waals surface area contributed by atoms with E-state index >= 15 is 0 Å². The van der Waals surface area contributed by atoms with E-state index in [2.05, 4.69) is 29.1 Å². The summed E-state index contributed by atoms with van der Waals surface area (Å²) in [6, 6.07) is 10.1. The first-order valence-corrected chi connectivity index (χ1v) is 11.9. The fourth-order valence-electron chi connectivity index (χ4n) is 4.29. The number of carbonyl (C=O) groups excluding carboxylic acids is 1. The van der Waals surface area contributed by atoms with E-state index in [1.807, 2.05) is 18.2 Å². The minimum Gasteiger partial charge on any atom is -0.381 e. The Morgan fingerprint density at radius 2 is 1.75 bits per heavy atom. The predicted molar refractivity (Wildman–Crippen MR) is 110 cm³/mol. The minimum absolute atomic E-state index is 0.0415. The molecular formula is C21H32N2O4S. The summed E-state index contributed by atoms with van der Waals surface area (Å²) >= 11 is 0. The SMILES string of the molecule is CC1CCC(NS(=O)(=O)CC(=O)NCC2(c3ccccc3)CCOCC2)CC1. The van der Waals surface area contributed by atoms with Crippen LogP contribution in [-0.2, 0) is 25.0 Å². The Labute approximate surface area is 168 Å². The van der Waals surface area contributed by atoms with Gasteiger partial charge in [0.1, 0.15) is 5.75 Å². The molecule has 1 amide bonds. The molecule has 0 atom stereocenters. The molecule has 1 saturated heterocycles. The molecule has 1 aromatic rings. The van der Waals surface area contributed by atoms with E-state index < -0.39 is 21.7 Å². The monoisotopic (exact) mass is 408 g/mol. The van der Waals surface area contributed by atoms with E-state index in [9.17, 15) is 13.2 Å². The van der Waals surface area contributed by atoms with E-state index in [4.69, 9.17) is 4.74 Å².